The molecule has 4 N–H and O–H groups in total. The number of nitrogens with one attached hydrogen (secondary N) is 2. The molecule has 0 spiro atoms. The Kier molecular flexibility index (Phi) is 6.05. The maximum absolute atomic E-state index is 5.37. The maximum atomic E-state index is 5.37. The Morgan fingerprint density at radius 1 is 1.65 bits per heavy atom. The molecule has 0 atom stereocenters. The van der Waals surface area contributed by atoms with E-state index >= 15 is 0 Å². The van der Waals surface area contributed by atoms with Crippen LogP contribution >= 0.6 is 0 Å². The molecule has 0 bridgehead atoms. The van der Waals surface area contributed by atoms with Gasteiger partial charge in [0.2, 0.25) is 5.96 Å². The first-order valence-corrected chi connectivity index (χ1v) is 5.60. The maximum Gasteiger partial charge on any atom is 0.211 e. The van der Waals surface area contributed by atoms with E-state index in [0.717, 1.165) is 18.8 Å². The van der Waals surface area contributed by atoms with Crippen LogP contribution in [0.5, 0.6) is 0 Å². The number of rotatable bonds is 6. The molecule has 0 aliphatic carbocycles. The Bertz CT molecular complexity index is 348. The van der Waals surface area contributed by atoms with E-state index in [1.807, 2.05) is 23.9 Å². The Morgan fingerprint density at radius 3 is 3.06 bits per heavy atom. The summed E-state index contributed by atoms with van der Waals surface area (Å²) in [6, 6.07) is 1.87. The van der Waals surface area contributed by atoms with E-state index in [1.165, 1.54) is 0 Å². The van der Waals surface area contributed by atoms with Crippen molar-refractivity contribution < 1.29 is 4.74 Å². The molecule has 0 aliphatic heterocycles. The van der Waals surface area contributed by atoms with Gasteiger partial charge in [0.25, 0.3) is 0 Å². The summed E-state index contributed by atoms with van der Waals surface area (Å²) in [5.74, 6) is 6.59. The van der Waals surface area contributed by atoms with Crippen molar-refractivity contribution in [2.45, 2.75) is 19.9 Å². The fraction of sp³-hybridized carbons (Fsp3) is 0.600. The second-order valence-electron chi connectivity index (χ2n) is 3.40. The number of hydrazine groups is 1. The number of ether oxygens (including phenoxy) is 1. The molecule has 96 valence electrons. The topological polar surface area (TPSA) is 89.5 Å². The number of hydrogen-bond acceptors (Lipinski definition) is 4. The first-order valence-electron chi connectivity index (χ1n) is 5.60. The zero-order chi connectivity index (χ0) is 12.5. The largest absolute Gasteiger partial charge is 0.385 e. The van der Waals surface area contributed by atoms with Crippen LogP contribution in [0.15, 0.2) is 17.3 Å². The second-order valence-corrected chi connectivity index (χ2v) is 3.40. The Morgan fingerprint density at radius 2 is 2.47 bits per heavy atom. The van der Waals surface area contributed by atoms with E-state index in [4.69, 9.17) is 10.6 Å². The number of aromatic nitrogens is 2. The lowest BCUT2D eigenvalue weighted by atomic mass is 10.5. The number of aryl methyl sites for hydroxylation is 1. The summed E-state index contributed by atoms with van der Waals surface area (Å²) in [5.41, 5.74) is 2.50. The van der Waals surface area contributed by atoms with Crippen LogP contribution in [0, 0.1) is 0 Å². The second kappa shape index (κ2) is 7.64. The van der Waals surface area contributed by atoms with Gasteiger partial charge in [-0.2, -0.15) is 5.10 Å². The van der Waals surface area contributed by atoms with Crippen molar-refractivity contribution in [1.29, 1.82) is 0 Å². The van der Waals surface area contributed by atoms with Crippen LogP contribution in [-0.4, -0.2) is 36.0 Å². The molecule has 0 aliphatic rings. The minimum atomic E-state index is 0.502. The molecular formula is C10H20N6O. The molecule has 0 fully saturated rings. The van der Waals surface area contributed by atoms with Crippen molar-refractivity contribution in [2.75, 3.05) is 25.6 Å². The van der Waals surface area contributed by atoms with Crippen molar-refractivity contribution in [3.05, 3.63) is 12.3 Å². The predicted molar refractivity (Wildman–Crippen MR) is 67.6 cm³/mol. The number of methoxy groups -OCH3 is 1. The third kappa shape index (κ3) is 4.83. The molecule has 1 aromatic heterocycles. The van der Waals surface area contributed by atoms with Gasteiger partial charge in [0.15, 0.2) is 5.82 Å². The van der Waals surface area contributed by atoms with Gasteiger partial charge in [-0.25, -0.2) is 5.84 Å². The number of guanidine groups is 1. The zero-order valence-corrected chi connectivity index (χ0v) is 10.3. The molecule has 0 aromatic carbocycles. The van der Waals surface area contributed by atoms with Gasteiger partial charge in [0.1, 0.15) is 0 Å². The number of nitrogens with zero attached hydrogens (tertiary/aromatic N) is 3. The molecule has 7 heteroatoms. The van der Waals surface area contributed by atoms with Gasteiger partial charge in [-0.15, -0.1) is 0 Å². The van der Waals surface area contributed by atoms with Gasteiger partial charge in [-0.3, -0.25) is 15.1 Å². The monoisotopic (exact) mass is 240 g/mol. The van der Waals surface area contributed by atoms with Crippen LogP contribution in [0.2, 0.25) is 0 Å². The molecule has 0 saturated carbocycles. The first-order chi connectivity index (χ1) is 8.30. The number of nitrogens with two attached hydrogens (primary N) is 1. The van der Waals surface area contributed by atoms with Gasteiger partial charge < -0.3 is 10.1 Å². The van der Waals surface area contributed by atoms with Gasteiger partial charge >= 0.3 is 0 Å². The fourth-order valence-electron chi connectivity index (χ4n) is 1.25. The lowest BCUT2D eigenvalue weighted by molar-refractivity contribution is 0.197. The lowest BCUT2D eigenvalue weighted by Gasteiger charge is -2.06. The van der Waals surface area contributed by atoms with Crippen LogP contribution in [0.4, 0.5) is 5.82 Å². The van der Waals surface area contributed by atoms with Crippen LogP contribution in [0.1, 0.15) is 13.3 Å². The highest BCUT2D eigenvalue weighted by molar-refractivity contribution is 5.92. The van der Waals surface area contributed by atoms with E-state index in [2.05, 4.69) is 20.8 Å². The average molecular weight is 240 g/mol. The Hall–Kier alpha value is -1.60. The summed E-state index contributed by atoms with van der Waals surface area (Å²) in [6.45, 7) is 4.19. The molecule has 1 rings (SSSR count). The highest BCUT2D eigenvalue weighted by atomic mass is 16.5. The van der Waals surface area contributed by atoms with Gasteiger partial charge in [-0.05, 0) is 13.3 Å². The minimum absolute atomic E-state index is 0.502. The van der Waals surface area contributed by atoms with Crippen molar-refractivity contribution >= 4 is 11.8 Å². The standard InChI is InChI=1S/C10H20N6O/c1-3-16-7-5-9(15-16)13-10(14-11)12-6-4-8-17-2/h5,7H,3-4,6,8,11H2,1-2H3,(H2,12,13,14,15). The van der Waals surface area contributed by atoms with Crippen molar-refractivity contribution in [3.63, 3.8) is 0 Å². The molecule has 0 saturated heterocycles. The van der Waals surface area contributed by atoms with E-state index in [-0.39, 0.29) is 0 Å². The van der Waals surface area contributed by atoms with Crippen molar-refractivity contribution in [2.24, 2.45) is 10.8 Å². The Balaban J connectivity index is 2.45. The first kappa shape index (κ1) is 13.5. The third-order valence-corrected chi connectivity index (χ3v) is 2.12. The van der Waals surface area contributed by atoms with Crippen LogP contribution in [-0.2, 0) is 11.3 Å². The predicted octanol–water partition coefficient (Wildman–Crippen LogP) is 0.171. The Labute approximate surface area is 101 Å². The molecule has 7 nitrogen and oxygen atoms in total. The normalized spacial score (nSPS) is 11.6. The molecule has 17 heavy (non-hydrogen) atoms. The molecule has 0 amide bonds. The highest BCUT2D eigenvalue weighted by Gasteiger charge is 2.00. The summed E-state index contributed by atoms with van der Waals surface area (Å²) in [5, 5.41) is 7.27. The van der Waals surface area contributed by atoms with E-state index < -0.39 is 0 Å². The smallest absolute Gasteiger partial charge is 0.211 e. The van der Waals surface area contributed by atoms with Crippen LogP contribution in [0.3, 0.4) is 0 Å². The molecule has 1 heterocycles. The quantitative estimate of drug-likeness (QED) is 0.217. The molecule has 1 aromatic rings. The highest BCUT2D eigenvalue weighted by Crippen LogP contribution is 2.01. The van der Waals surface area contributed by atoms with Gasteiger partial charge in [0.05, 0.1) is 0 Å². The molecular weight excluding hydrogens is 220 g/mol. The summed E-state index contributed by atoms with van der Waals surface area (Å²) in [6.07, 6.45) is 2.74. The SMILES string of the molecule is CCn1ccc(NC(=NCCCOC)NN)n1. The van der Waals surface area contributed by atoms with E-state index in [0.29, 0.717) is 19.1 Å². The van der Waals surface area contributed by atoms with Gasteiger partial charge in [0, 0.05) is 39.1 Å². The zero-order valence-electron chi connectivity index (χ0n) is 10.3. The third-order valence-electron chi connectivity index (χ3n) is 2.12. The number of aliphatic imine (C=N–C) groups is 1. The van der Waals surface area contributed by atoms with Crippen molar-refractivity contribution in [3.8, 4) is 0 Å². The molecule has 0 radical (unpaired) electrons. The summed E-state index contributed by atoms with van der Waals surface area (Å²) in [4.78, 5) is 4.25. The van der Waals surface area contributed by atoms with Crippen LogP contribution < -0.4 is 16.6 Å². The van der Waals surface area contributed by atoms with E-state index in [1.54, 1.807) is 7.11 Å². The summed E-state index contributed by atoms with van der Waals surface area (Å²) < 4.78 is 6.76. The fourth-order valence-corrected chi connectivity index (χ4v) is 1.25. The van der Waals surface area contributed by atoms with E-state index in [9.17, 15) is 0 Å². The summed E-state index contributed by atoms with van der Waals surface area (Å²) >= 11 is 0. The molecule has 0 unspecified atom stereocenters. The summed E-state index contributed by atoms with van der Waals surface area (Å²) in [7, 11) is 1.67. The van der Waals surface area contributed by atoms with Gasteiger partial charge in [-0.1, -0.05) is 0 Å². The lowest BCUT2D eigenvalue weighted by Crippen LogP contribution is -2.36. The minimum Gasteiger partial charge on any atom is -0.385 e. The van der Waals surface area contributed by atoms with Crippen LogP contribution in [0.25, 0.3) is 0 Å². The number of hydrogen-bond donors (Lipinski definition) is 3. The average Bonchev–Trinajstić information content (AvgIpc) is 2.80. The van der Waals surface area contributed by atoms with Crippen molar-refractivity contribution in [1.82, 2.24) is 15.2 Å². The number of anilines is 1.